The maximum absolute atomic E-state index is 13.6. The zero-order valence-corrected chi connectivity index (χ0v) is 10.6. The van der Waals surface area contributed by atoms with Gasteiger partial charge in [-0.15, -0.1) is 0 Å². The largest absolute Gasteiger partial charge is 0.327 e. The minimum absolute atomic E-state index is 0.122. The van der Waals surface area contributed by atoms with Gasteiger partial charge in [-0.2, -0.15) is 0 Å². The number of rotatable bonds is 4. The molecule has 0 saturated carbocycles. The van der Waals surface area contributed by atoms with Gasteiger partial charge < -0.3 is 5.73 Å². The molecule has 2 rings (SSSR count). The maximum atomic E-state index is 13.6. The number of hydrogen-bond acceptors (Lipinski definition) is 2. The van der Waals surface area contributed by atoms with Gasteiger partial charge in [0.15, 0.2) is 0 Å². The van der Waals surface area contributed by atoms with Gasteiger partial charge in [-0.25, -0.2) is 4.39 Å². The van der Waals surface area contributed by atoms with E-state index in [9.17, 15) is 4.39 Å². The van der Waals surface area contributed by atoms with Crippen LogP contribution in [0.1, 0.15) is 11.1 Å². The highest BCUT2D eigenvalue weighted by Gasteiger charge is 2.09. The van der Waals surface area contributed by atoms with Crippen molar-refractivity contribution >= 4 is 11.6 Å². The normalized spacial score (nSPS) is 12.4. The Balaban J connectivity index is 2.01. The number of nitrogens with zero attached hydrogens (tertiary/aromatic N) is 1. The van der Waals surface area contributed by atoms with E-state index in [2.05, 4.69) is 4.98 Å². The summed E-state index contributed by atoms with van der Waals surface area (Å²) in [5.74, 6) is -0.298. The number of pyridine rings is 1. The molecule has 0 aliphatic heterocycles. The van der Waals surface area contributed by atoms with Crippen LogP contribution in [-0.2, 0) is 12.8 Å². The fraction of sp³-hybridized carbons (Fsp3) is 0.214. The van der Waals surface area contributed by atoms with Gasteiger partial charge in [-0.05, 0) is 48.2 Å². The highest BCUT2D eigenvalue weighted by molar-refractivity contribution is 6.30. The third kappa shape index (κ3) is 3.52. The van der Waals surface area contributed by atoms with Crippen molar-refractivity contribution in [2.45, 2.75) is 18.9 Å². The molecule has 18 heavy (non-hydrogen) atoms. The number of benzene rings is 1. The van der Waals surface area contributed by atoms with E-state index in [1.165, 1.54) is 6.07 Å². The van der Waals surface area contributed by atoms with E-state index in [0.29, 0.717) is 23.4 Å². The van der Waals surface area contributed by atoms with Crippen molar-refractivity contribution in [3.05, 3.63) is 64.7 Å². The third-order valence-electron chi connectivity index (χ3n) is 2.74. The summed E-state index contributed by atoms with van der Waals surface area (Å²) in [6.07, 6.45) is 4.64. The van der Waals surface area contributed by atoms with Crippen LogP contribution < -0.4 is 5.73 Å². The summed E-state index contributed by atoms with van der Waals surface area (Å²) in [4.78, 5) is 3.94. The van der Waals surface area contributed by atoms with Gasteiger partial charge in [0.2, 0.25) is 0 Å². The highest BCUT2D eigenvalue weighted by Crippen LogP contribution is 2.16. The maximum Gasteiger partial charge on any atom is 0.127 e. The summed E-state index contributed by atoms with van der Waals surface area (Å²) in [6.45, 7) is 0. The lowest BCUT2D eigenvalue weighted by Crippen LogP contribution is -2.26. The highest BCUT2D eigenvalue weighted by atomic mass is 35.5. The smallest absolute Gasteiger partial charge is 0.127 e. The Morgan fingerprint density at radius 2 is 1.89 bits per heavy atom. The fourth-order valence-corrected chi connectivity index (χ4v) is 2.02. The van der Waals surface area contributed by atoms with Gasteiger partial charge in [-0.3, -0.25) is 4.98 Å². The van der Waals surface area contributed by atoms with Crippen molar-refractivity contribution in [2.75, 3.05) is 0 Å². The molecule has 0 bridgehead atoms. The monoisotopic (exact) mass is 264 g/mol. The van der Waals surface area contributed by atoms with E-state index >= 15 is 0 Å². The average Bonchev–Trinajstić information content (AvgIpc) is 2.34. The molecule has 2 N–H and O–H groups in total. The second-order valence-electron chi connectivity index (χ2n) is 4.26. The Labute approximate surface area is 111 Å². The molecular weight excluding hydrogens is 251 g/mol. The molecule has 0 spiro atoms. The molecule has 0 radical (unpaired) electrons. The van der Waals surface area contributed by atoms with Crippen LogP contribution in [0.5, 0.6) is 0 Å². The topological polar surface area (TPSA) is 38.9 Å². The number of nitrogens with two attached hydrogens (primary N) is 1. The zero-order valence-electron chi connectivity index (χ0n) is 9.81. The molecular formula is C14H14ClFN2. The van der Waals surface area contributed by atoms with Crippen molar-refractivity contribution in [2.24, 2.45) is 5.73 Å². The van der Waals surface area contributed by atoms with Gasteiger partial charge in [0.1, 0.15) is 5.82 Å². The molecule has 1 aromatic carbocycles. The molecule has 2 nitrogen and oxygen atoms in total. The van der Waals surface area contributed by atoms with Crippen molar-refractivity contribution in [1.82, 2.24) is 4.98 Å². The number of halogens is 2. The van der Waals surface area contributed by atoms with E-state index in [-0.39, 0.29) is 11.9 Å². The minimum atomic E-state index is -0.298. The second kappa shape index (κ2) is 5.94. The summed E-state index contributed by atoms with van der Waals surface area (Å²) in [6, 6.07) is 8.39. The lowest BCUT2D eigenvalue weighted by atomic mass is 10.00. The van der Waals surface area contributed by atoms with Crippen molar-refractivity contribution in [3.8, 4) is 0 Å². The Bertz CT molecular complexity index is 516. The van der Waals surface area contributed by atoms with Crippen LogP contribution in [0, 0.1) is 5.82 Å². The van der Waals surface area contributed by atoms with Crippen molar-refractivity contribution in [1.29, 1.82) is 0 Å². The third-order valence-corrected chi connectivity index (χ3v) is 2.98. The molecule has 2 aromatic rings. The summed E-state index contributed by atoms with van der Waals surface area (Å²) in [7, 11) is 0. The number of hydrogen-bond donors (Lipinski definition) is 1. The first-order valence-corrected chi connectivity index (χ1v) is 6.11. The molecule has 1 unspecified atom stereocenters. The van der Waals surface area contributed by atoms with Crippen LogP contribution in [0.4, 0.5) is 4.39 Å². The molecule has 0 aliphatic rings. The SMILES string of the molecule is NC(Cc1ccncc1)Cc1ccc(Cl)cc1F. The van der Waals surface area contributed by atoms with Gasteiger partial charge in [0, 0.05) is 23.5 Å². The van der Waals surface area contributed by atoms with Crippen molar-refractivity contribution < 1.29 is 4.39 Å². The summed E-state index contributed by atoms with van der Waals surface area (Å²) in [5.41, 5.74) is 7.73. The van der Waals surface area contributed by atoms with Crippen LogP contribution in [0.15, 0.2) is 42.7 Å². The molecule has 1 atom stereocenters. The van der Waals surface area contributed by atoms with E-state index in [4.69, 9.17) is 17.3 Å². The van der Waals surface area contributed by atoms with E-state index in [1.807, 2.05) is 12.1 Å². The molecule has 0 amide bonds. The predicted octanol–water partition coefficient (Wildman–Crippen LogP) is 2.99. The molecule has 1 aromatic heterocycles. The van der Waals surface area contributed by atoms with Crippen molar-refractivity contribution in [3.63, 3.8) is 0 Å². The number of aromatic nitrogens is 1. The lowest BCUT2D eigenvalue weighted by Gasteiger charge is -2.12. The van der Waals surface area contributed by atoms with Gasteiger partial charge in [0.25, 0.3) is 0 Å². The van der Waals surface area contributed by atoms with Crippen LogP contribution in [-0.4, -0.2) is 11.0 Å². The van der Waals surface area contributed by atoms with Gasteiger partial charge in [0.05, 0.1) is 0 Å². The Morgan fingerprint density at radius 3 is 2.56 bits per heavy atom. The fourth-order valence-electron chi connectivity index (χ4n) is 1.86. The second-order valence-corrected chi connectivity index (χ2v) is 4.70. The molecule has 94 valence electrons. The first-order chi connectivity index (χ1) is 8.65. The standard InChI is InChI=1S/C14H14ClFN2/c15-12-2-1-11(14(16)9-12)8-13(17)7-10-3-5-18-6-4-10/h1-6,9,13H,7-8,17H2. The first kappa shape index (κ1) is 13.0. The Kier molecular flexibility index (Phi) is 4.28. The first-order valence-electron chi connectivity index (χ1n) is 5.73. The quantitative estimate of drug-likeness (QED) is 0.922. The molecule has 0 fully saturated rings. The van der Waals surface area contributed by atoms with Gasteiger partial charge >= 0.3 is 0 Å². The summed E-state index contributed by atoms with van der Waals surface area (Å²) >= 11 is 5.71. The minimum Gasteiger partial charge on any atom is -0.327 e. The van der Waals surface area contributed by atoms with Crippen LogP contribution in [0.25, 0.3) is 0 Å². The van der Waals surface area contributed by atoms with Gasteiger partial charge in [-0.1, -0.05) is 17.7 Å². The molecule has 4 heteroatoms. The van der Waals surface area contributed by atoms with Crippen LogP contribution >= 0.6 is 11.6 Å². The summed E-state index contributed by atoms with van der Waals surface area (Å²) in [5, 5.41) is 0.402. The molecule has 0 saturated heterocycles. The Morgan fingerprint density at radius 1 is 1.17 bits per heavy atom. The average molecular weight is 265 g/mol. The van der Waals surface area contributed by atoms with Crippen LogP contribution in [0.2, 0.25) is 5.02 Å². The van der Waals surface area contributed by atoms with E-state index in [0.717, 1.165) is 5.56 Å². The zero-order chi connectivity index (χ0) is 13.0. The predicted molar refractivity (Wildman–Crippen MR) is 71.0 cm³/mol. The van der Waals surface area contributed by atoms with E-state index < -0.39 is 0 Å². The lowest BCUT2D eigenvalue weighted by molar-refractivity contribution is 0.584. The van der Waals surface area contributed by atoms with E-state index in [1.54, 1.807) is 24.5 Å². The molecule has 0 aliphatic carbocycles. The Hall–Kier alpha value is -1.45. The van der Waals surface area contributed by atoms with Crippen LogP contribution in [0.3, 0.4) is 0 Å². The summed E-state index contributed by atoms with van der Waals surface area (Å²) < 4.78 is 13.6. The molecule has 1 heterocycles.